The van der Waals surface area contributed by atoms with Crippen molar-refractivity contribution in [1.82, 2.24) is 10.3 Å². The highest BCUT2D eigenvalue weighted by molar-refractivity contribution is 6.01. The highest BCUT2D eigenvalue weighted by atomic mass is 16.2. The van der Waals surface area contributed by atoms with Gasteiger partial charge in [0.2, 0.25) is 11.8 Å². The van der Waals surface area contributed by atoms with Gasteiger partial charge >= 0.3 is 0 Å². The molecular formula is C19H30N4O2. The summed E-state index contributed by atoms with van der Waals surface area (Å²) in [6.45, 7) is 10.5. The maximum absolute atomic E-state index is 13.5. The van der Waals surface area contributed by atoms with E-state index in [1.54, 1.807) is 18.1 Å². The number of nitrogens with two attached hydrogens (primary N) is 1. The summed E-state index contributed by atoms with van der Waals surface area (Å²) in [7, 11) is 1.69. The molecule has 0 spiro atoms. The number of amides is 2. The molecular weight excluding hydrogens is 316 g/mol. The Hall–Kier alpha value is -1.95. The Kier molecular flexibility index (Phi) is 5.23. The van der Waals surface area contributed by atoms with Crippen LogP contribution in [0, 0.1) is 11.8 Å². The highest BCUT2D eigenvalue weighted by Crippen LogP contribution is 2.41. The van der Waals surface area contributed by atoms with Crippen LogP contribution in [0.2, 0.25) is 0 Å². The average molecular weight is 346 g/mol. The normalized spacial score (nSPS) is 19.4. The van der Waals surface area contributed by atoms with Gasteiger partial charge in [0.15, 0.2) is 0 Å². The zero-order valence-corrected chi connectivity index (χ0v) is 16.1. The number of nitrogens with one attached hydrogen (secondary N) is 1. The molecule has 0 radical (unpaired) electrons. The van der Waals surface area contributed by atoms with Crippen LogP contribution in [-0.2, 0) is 15.0 Å². The molecule has 2 rings (SSSR count). The molecule has 0 aromatic carbocycles. The minimum Gasteiger partial charge on any atom is -0.368 e. The predicted octanol–water partition coefficient (Wildman–Crippen LogP) is 1.83. The van der Waals surface area contributed by atoms with Crippen LogP contribution in [0.15, 0.2) is 18.3 Å². The van der Waals surface area contributed by atoms with E-state index in [1.807, 2.05) is 32.9 Å². The molecule has 0 saturated carbocycles. The third kappa shape index (κ3) is 3.03. The Morgan fingerprint density at radius 1 is 1.44 bits per heavy atom. The largest absolute Gasteiger partial charge is 0.368 e. The number of nitrogens with zero attached hydrogens (tertiary/aromatic N) is 2. The van der Waals surface area contributed by atoms with Crippen LogP contribution in [-0.4, -0.2) is 35.9 Å². The first-order valence-corrected chi connectivity index (χ1v) is 8.88. The number of carbonyl (C=O) groups is 2. The predicted molar refractivity (Wildman–Crippen MR) is 99.2 cm³/mol. The van der Waals surface area contributed by atoms with Gasteiger partial charge in [-0.2, -0.15) is 0 Å². The summed E-state index contributed by atoms with van der Waals surface area (Å²) in [5.41, 5.74) is 5.53. The number of carbonyl (C=O) groups excluding carboxylic acids is 2. The second-order valence-corrected chi connectivity index (χ2v) is 7.84. The van der Waals surface area contributed by atoms with E-state index in [4.69, 9.17) is 5.73 Å². The van der Waals surface area contributed by atoms with Crippen molar-refractivity contribution < 1.29 is 9.59 Å². The van der Waals surface area contributed by atoms with E-state index in [0.29, 0.717) is 18.8 Å². The van der Waals surface area contributed by atoms with E-state index >= 15 is 0 Å². The van der Waals surface area contributed by atoms with Gasteiger partial charge in [-0.25, -0.2) is 4.98 Å². The third-order valence-electron chi connectivity index (χ3n) is 5.50. The Bertz CT molecular complexity index is 665. The minimum atomic E-state index is -1.08. The van der Waals surface area contributed by atoms with Crippen LogP contribution in [0.4, 0.5) is 5.82 Å². The lowest BCUT2D eigenvalue weighted by Gasteiger charge is -2.40. The smallest absolute Gasteiger partial charge is 0.238 e. The number of rotatable bonds is 6. The molecule has 1 aliphatic rings. The Balaban J connectivity index is 2.52. The fraction of sp³-hybridized carbons (Fsp3) is 0.632. The molecule has 1 unspecified atom stereocenters. The van der Waals surface area contributed by atoms with Crippen LogP contribution in [0.5, 0.6) is 0 Å². The number of fused-ring (bicyclic) bond motifs is 1. The molecule has 138 valence electrons. The Labute approximate surface area is 150 Å². The quantitative estimate of drug-likeness (QED) is 0.822. The summed E-state index contributed by atoms with van der Waals surface area (Å²) >= 11 is 0. The molecule has 3 N–H and O–H groups in total. The fourth-order valence-corrected chi connectivity index (χ4v) is 4.11. The monoisotopic (exact) mass is 346 g/mol. The molecule has 1 aliphatic heterocycles. The lowest BCUT2D eigenvalue weighted by Crippen LogP contribution is -2.64. The van der Waals surface area contributed by atoms with Crippen molar-refractivity contribution in [3.05, 3.63) is 23.9 Å². The summed E-state index contributed by atoms with van der Waals surface area (Å²) < 4.78 is 0. The minimum absolute atomic E-state index is 0.0525. The van der Waals surface area contributed by atoms with Gasteiger partial charge in [-0.05, 0) is 25.5 Å². The van der Waals surface area contributed by atoms with Crippen molar-refractivity contribution in [1.29, 1.82) is 0 Å². The van der Waals surface area contributed by atoms with Crippen molar-refractivity contribution in [2.75, 3.05) is 18.5 Å². The van der Waals surface area contributed by atoms with Crippen LogP contribution in [0.3, 0.4) is 0 Å². The number of pyridine rings is 1. The average Bonchev–Trinajstić information content (AvgIpc) is 2.83. The zero-order valence-electron chi connectivity index (χ0n) is 16.1. The summed E-state index contributed by atoms with van der Waals surface area (Å²) in [6.07, 6.45) is 2.14. The molecule has 0 fully saturated rings. The maximum atomic E-state index is 13.5. The second kappa shape index (κ2) is 6.75. The number of anilines is 1. The van der Waals surface area contributed by atoms with Crippen molar-refractivity contribution >= 4 is 17.6 Å². The molecule has 2 heterocycles. The van der Waals surface area contributed by atoms with Crippen LogP contribution in [0.25, 0.3) is 0 Å². The van der Waals surface area contributed by atoms with E-state index in [0.717, 1.165) is 5.56 Å². The molecule has 6 heteroatoms. The van der Waals surface area contributed by atoms with Crippen molar-refractivity contribution in [3.8, 4) is 0 Å². The maximum Gasteiger partial charge on any atom is 0.238 e. The molecule has 6 nitrogen and oxygen atoms in total. The number of hydrogen-bond donors (Lipinski definition) is 2. The van der Waals surface area contributed by atoms with Gasteiger partial charge in [-0.15, -0.1) is 0 Å². The molecule has 0 aliphatic carbocycles. The fourth-order valence-electron chi connectivity index (χ4n) is 4.11. The Morgan fingerprint density at radius 3 is 2.56 bits per heavy atom. The van der Waals surface area contributed by atoms with E-state index in [-0.39, 0.29) is 17.2 Å². The molecule has 1 aromatic rings. The molecule has 25 heavy (non-hydrogen) atoms. The topological polar surface area (TPSA) is 88.3 Å². The van der Waals surface area contributed by atoms with E-state index in [1.165, 1.54) is 0 Å². The van der Waals surface area contributed by atoms with Gasteiger partial charge in [0, 0.05) is 23.7 Å². The van der Waals surface area contributed by atoms with Crippen molar-refractivity contribution in [3.63, 3.8) is 0 Å². The molecule has 0 bridgehead atoms. The summed E-state index contributed by atoms with van der Waals surface area (Å²) in [4.78, 5) is 32.0. The van der Waals surface area contributed by atoms with Crippen LogP contribution < -0.4 is 16.0 Å². The second-order valence-electron chi connectivity index (χ2n) is 7.84. The SMILES string of the molecule is CCC(NC)(C(N)=O)[C@@H](C(=O)N1CC(C)(C)c2cccnc21)C(C)C. The first-order valence-electron chi connectivity index (χ1n) is 8.88. The van der Waals surface area contributed by atoms with Gasteiger partial charge in [-0.1, -0.05) is 40.7 Å². The zero-order chi connectivity index (χ0) is 19.0. The van der Waals surface area contributed by atoms with Gasteiger partial charge < -0.3 is 11.1 Å². The first-order chi connectivity index (χ1) is 11.6. The van der Waals surface area contributed by atoms with Crippen LogP contribution in [0.1, 0.15) is 46.6 Å². The number of hydrogen-bond acceptors (Lipinski definition) is 4. The van der Waals surface area contributed by atoms with Gasteiger partial charge in [0.05, 0.1) is 5.92 Å². The summed E-state index contributed by atoms with van der Waals surface area (Å²) in [6, 6.07) is 3.90. The van der Waals surface area contributed by atoms with Crippen molar-refractivity contribution in [2.45, 2.75) is 52.0 Å². The highest BCUT2D eigenvalue weighted by Gasteiger charge is 2.51. The van der Waals surface area contributed by atoms with Crippen molar-refractivity contribution in [2.24, 2.45) is 17.6 Å². The lowest BCUT2D eigenvalue weighted by atomic mass is 9.73. The number of primary amides is 1. The molecule has 2 atom stereocenters. The molecule has 1 aromatic heterocycles. The lowest BCUT2D eigenvalue weighted by molar-refractivity contribution is -0.136. The standard InChI is InChI=1S/C19H30N4O2/c1-7-19(21-6,17(20)25)14(12(2)3)16(24)23-11-18(4,5)13-9-8-10-22-15(13)23/h8-10,12,14,21H,7,11H2,1-6H3,(H2,20,25)/t14-,19?/m1/s1. The number of aromatic nitrogens is 1. The summed E-state index contributed by atoms with van der Waals surface area (Å²) in [5.74, 6) is -0.527. The first kappa shape index (κ1) is 19.4. The molecule has 0 saturated heterocycles. The van der Waals surface area contributed by atoms with Gasteiger partial charge in [0.1, 0.15) is 11.4 Å². The van der Waals surface area contributed by atoms with E-state index in [2.05, 4.69) is 24.1 Å². The summed E-state index contributed by atoms with van der Waals surface area (Å²) in [5, 5.41) is 3.05. The van der Waals surface area contributed by atoms with Gasteiger partial charge in [-0.3, -0.25) is 14.5 Å². The molecule has 2 amide bonds. The number of likely N-dealkylation sites (N-methyl/N-ethyl adjacent to an activating group) is 1. The Morgan fingerprint density at radius 2 is 2.08 bits per heavy atom. The van der Waals surface area contributed by atoms with Crippen LogP contribution >= 0.6 is 0 Å². The van der Waals surface area contributed by atoms with Gasteiger partial charge in [0.25, 0.3) is 0 Å². The van der Waals surface area contributed by atoms with E-state index in [9.17, 15) is 9.59 Å². The van der Waals surface area contributed by atoms with E-state index < -0.39 is 17.4 Å². The third-order valence-corrected chi connectivity index (χ3v) is 5.50.